The third-order valence-corrected chi connectivity index (χ3v) is 5.32. The second kappa shape index (κ2) is 6.90. The molecule has 2 unspecified atom stereocenters. The number of pyridine rings is 1. The number of aryl methyl sites for hydroxylation is 1. The van der Waals surface area contributed by atoms with Gasteiger partial charge in [0.2, 0.25) is 5.91 Å². The minimum absolute atomic E-state index is 0.0290. The number of carbonyl (C=O) groups is 2. The van der Waals surface area contributed by atoms with Gasteiger partial charge in [-0.1, -0.05) is 0 Å². The SMILES string of the molecule is Cc1ccn(CC(=O)N2CC3CCC2CN(C(=O)c2ccncc2)C3)n1. The van der Waals surface area contributed by atoms with Gasteiger partial charge >= 0.3 is 0 Å². The minimum atomic E-state index is 0.0290. The molecule has 2 amide bonds. The van der Waals surface area contributed by atoms with Crippen LogP contribution in [0.2, 0.25) is 0 Å². The molecule has 0 saturated carbocycles. The van der Waals surface area contributed by atoms with Crippen LogP contribution >= 0.6 is 0 Å². The van der Waals surface area contributed by atoms with Crippen molar-refractivity contribution in [2.24, 2.45) is 5.92 Å². The Kier molecular flexibility index (Phi) is 4.44. The Morgan fingerprint density at radius 3 is 2.65 bits per heavy atom. The summed E-state index contributed by atoms with van der Waals surface area (Å²) in [6.45, 7) is 4.21. The number of piperidine rings is 1. The van der Waals surface area contributed by atoms with Crippen LogP contribution in [-0.2, 0) is 11.3 Å². The van der Waals surface area contributed by atoms with Crippen molar-refractivity contribution < 1.29 is 9.59 Å². The van der Waals surface area contributed by atoms with Gasteiger partial charge in [0.1, 0.15) is 6.54 Å². The van der Waals surface area contributed by atoms with Crippen LogP contribution in [-0.4, -0.2) is 62.1 Å². The maximum absolute atomic E-state index is 12.8. The van der Waals surface area contributed by atoms with Crippen molar-refractivity contribution in [1.82, 2.24) is 24.6 Å². The normalized spacial score (nSPS) is 22.3. The van der Waals surface area contributed by atoms with E-state index in [4.69, 9.17) is 0 Å². The fourth-order valence-corrected chi connectivity index (χ4v) is 4.01. The number of carbonyl (C=O) groups excluding carboxylic acids is 2. The lowest BCUT2D eigenvalue weighted by atomic mass is 9.95. The second-order valence-electron chi connectivity index (χ2n) is 7.24. The van der Waals surface area contributed by atoms with E-state index in [9.17, 15) is 9.59 Å². The van der Waals surface area contributed by atoms with Crippen LogP contribution in [0.15, 0.2) is 36.8 Å². The van der Waals surface area contributed by atoms with Gasteiger partial charge in [0.15, 0.2) is 0 Å². The Morgan fingerprint density at radius 1 is 1.12 bits per heavy atom. The standard InChI is InChI=1S/C19H23N5O2/c1-14-6-9-23(21-14)13-18(25)24-11-15-2-3-17(24)12-22(10-15)19(26)16-4-7-20-8-5-16/h4-9,15,17H,2-3,10-13H2,1H3. The molecule has 2 aromatic rings. The van der Waals surface area contributed by atoms with E-state index in [1.54, 1.807) is 29.2 Å². The van der Waals surface area contributed by atoms with Crippen molar-refractivity contribution >= 4 is 11.8 Å². The van der Waals surface area contributed by atoms with Crippen LogP contribution in [0, 0.1) is 12.8 Å². The number of aromatic nitrogens is 3. The largest absolute Gasteiger partial charge is 0.336 e. The Bertz CT molecular complexity index is 803. The van der Waals surface area contributed by atoms with Crippen LogP contribution in [0.3, 0.4) is 0 Å². The van der Waals surface area contributed by atoms with Crippen molar-refractivity contribution in [3.63, 3.8) is 0 Å². The van der Waals surface area contributed by atoms with E-state index in [2.05, 4.69) is 10.1 Å². The molecule has 3 fully saturated rings. The van der Waals surface area contributed by atoms with Crippen molar-refractivity contribution in [2.75, 3.05) is 19.6 Å². The summed E-state index contributed by atoms with van der Waals surface area (Å²) < 4.78 is 1.69. The van der Waals surface area contributed by atoms with Gasteiger partial charge in [-0.25, -0.2) is 0 Å². The molecule has 2 bridgehead atoms. The van der Waals surface area contributed by atoms with Crippen molar-refractivity contribution in [2.45, 2.75) is 32.4 Å². The van der Waals surface area contributed by atoms with Gasteiger partial charge in [-0.2, -0.15) is 5.10 Å². The van der Waals surface area contributed by atoms with Crippen LogP contribution in [0.25, 0.3) is 0 Å². The van der Waals surface area contributed by atoms with Crippen molar-refractivity contribution in [3.8, 4) is 0 Å². The first-order valence-corrected chi connectivity index (χ1v) is 9.09. The Morgan fingerprint density at radius 2 is 1.92 bits per heavy atom. The minimum Gasteiger partial charge on any atom is -0.336 e. The summed E-state index contributed by atoms with van der Waals surface area (Å²) in [5.74, 6) is 0.449. The highest BCUT2D eigenvalue weighted by Gasteiger charge is 2.38. The lowest BCUT2D eigenvalue weighted by molar-refractivity contribution is -0.136. The van der Waals surface area contributed by atoms with Crippen LogP contribution in [0.4, 0.5) is 0 Å². The molecule has 7 nitrogen and oxygen atoms in total. The van der Waals surface area contributed by atoms with Crippen LogP contribution < -0.4 is 0 Å². The topological polar surface area (TPSA) is 71.3 Å². The molecule has 3 saturated heterocycles. The van der Waals surface area contributed by atoms with E-state index in [-0.39, 0.29) is 24.4 Å². The predicted molar refractivity (Wildman–Crippen MR) is 95.3 cm³/mol. The number of hydrogen-bond donors (Lipinski definition) is 0. The van der Waals surface area contributed by atoms with E-state index in [1.165, 1.54) is 0 Å². The zero-order valence-corrected chi connectivity index (χ0v) is 14.9. The first kappa shape index (κ1) is 16.8. The zero-order chi connectivity index (χ0) is 18.1. The molecule has 0 radical (unpaired) electrons. The Hall–Kier alpha value is -2.70. The highest BCUT2D eigenvalue weighted by molar-refractivity contribution is 5.94. The molecule has 3 aliphatic rings. The first-order chi connectivity index (χ1) is 12.6. The number of fused-ring (bicyclic) bond motifs is 4. The summed E-state index contributed by atoms with van der Waals surface area (Å²) >= 11 is 0. The number of rotatable bonds is 3. The fourth-order valence-electron chi connectivity index (χ4n) is 4.01. The van der Waals surface area contributed by atoms with E-state index in [1.807, 2.05) is 29.0 Å². The number of nitrogens with zero attached hydrogens (tertiary/aromatic N) is 5. The maximum Gasteiger partial charge on any atom is 0.254 e. The summed E-state index contributed by atoms with van der Waals surface area (Å²) in [6, 6.07) is 5.48. The highest BCUT2D eigenvalue weighted by Crippen LogP contribution is 2.29. The molecule has 0 spiro atoms. The monoisotopic (exact) mass is 353 g/mol. The molecule has 5 rings (SSSR count). The number of hydrogen-bond acceptors (Lipinski definition) is 4. The lowest BCUT2D eigenvalue weighted by Gasteiger charge is -2.36. The molecule has 5 heterocycles. The molecule has 26 heavy (non-hydrogen) atoms. The molecule has 0 N–H and O–H groups in total. The molecule has 3 aliphatic heterocycles. The molecular formula is C19H23N5O2. The quantitative estimate of drug-likeness (QED) is 0.835. The molecule has 2 aromatic heterocycles. The predicted octanol–water partition coefficient (Wildman–Crippen LogP) is 1.35. The van der Waals surface area contributed by atoms with Gasteiger partial charge in [-0.3, -0.25) is 19.3 Å². The summed E-state index contributed by atoms with van der Waals surface area (Å²) in [4.78, 5) is 33.5. The van der Waals surface area contributed by atoms with E-state index < -0.39 is 0 Å². The average Bonchev–Trinajstić information content (AvgIpc) is 2.86. The summed E-state index contributed by atoms with van der Waals surface area (Å²) in [7, 11) is 0. The van der Waals surface area contributed by atoms with Crippen LogP contribution in [0.5, 0.6) is 0 Å². The lowest BCUT2D eigenvalue weighted by Crippen LogP contribution is -2.48. The summed E-state index contributed by atoms with van der Waals surface area (Å²) in [5, 5.41) is 4.31. The molecule has 0 aliphatic carbocycles. The van der Waals surface area contributed by atoms with Crippen LogP contribution in [0.1, 0.15) is 28.9 Å². The summed E-state index contributed by atoms with van der Waals surface area (Å²) in [5.41, 5.74) is 1.57. The van der Waals surface area contributed by atoms with Gasteiger partial charge < -0.3 is 9.80 Å². The molecule has 136 valence electrons. The molecule has 7 heteroatoms. The van der Waals surface area contributed by atoms with Gasteiger partial charge in [0.05, 0.1) is 5.69 Å². The van der Waals surface area contributed by atoms with Gasteiger partial charge in [-0.15, -0.1) is 0 Å². The zero-order valence-electron chi connectivity index (χ0n) is 14.9. The first-order valence-electron chi connectivity index (χ1n) is 9.09. The number of amides is 2. The third kappa shape index (κ3) is 3.34. The summed E-state index contributed by atoms with van der Waals surface area (Å²) in [6.07, 6.45) is 7.13. The van der Waals surface area contributed by atoms with Crippen molar-refractivity contribution in [1.29, 1.82) is 0 Å². The Labute approximate surface area is 152 Å². The average molecular weight is 353 g/mol. The highest BCUT2D eigenvalue weighted by atomic mass is 16.2. The van der Waals surface area contributed by atoms with Gasteiger partial charge in [-0.05, 0) is 43.9 Å². The second-order valence-corrected chi connectivity index (χ2v) is 7.24. The maximum atomic E-state index is 12.8. The third-order valence-electron chi connectivity index (χ3n) is 5.32. The molecular weight excluding hydrogens is 330 g/mol. The van der Waals surface area contributed by atoms with Crippen molar-refractivity contribution in [3.05, 3.63) is 48.0 Å². The van der Waals surface area contributed by atoms with Gasteiger partial charge in [0, 0.05) is 49.8 Å². The fraction of sp³-hybridized carbons (Fsp3) is 0.474. The smallest absolute Gasteiger partial charge is 0.254 e. The Balaban J connectivity index is 1.48. The molecule has 0 aromatic carbocycles. The van der Waals surface area contributed by atoms with Gasteiger partial charge in [0.25, 0.3) is 5.91 Å². The molecule has 2 atom stereocenters. The van der Waals surface area contributed by atoms with E-state index in [0.29, 0.717) is 24.6 Å². The van der Waals surface area contributed by atoms with E-state index in [0.717, 1.165) is 25.1 Å². The van der Waals surface area contributed by atoms with E-state index >= 15 is 0 Å².